The van der Waals surface area contributed by atoms with E-state index in [1.165, 1.54) is 18.9 Å². The van der Waals surface area contributed by atoms with E-state index in [4.69, 9.17) is 0 Å². The summed E-state index contributed by atoms with van der Waals surface area (Å²) < 4.78 is 13.8. The standard InChI is InChI=1S/C15H21FN2O/c1-10(14-5-4-13(19)8-15(14)16)17-11-6-7-18(9-11)12-2-3-12/h4-5,8,10-12,17,19H,2-3,6-7,9H2,1H3. The number of benzene rings is 1. The van der Waals surface area contributed by atoms with Crippen molar-refractivity contribution in [1.82, 2.24) is 10.2 Å². The van der Waals surface area contributed by atoms with Gasteiger partial charge in [-0.3, -0.25) is 4.90 Å². The van der Waals surface area contributed by atoms with Crippen LogP contribution in [0.5, 0.6) is 5.75 Å². The van der Waals surface area contributed by atoms with Crippen LogP contribution in [0.25, 0.3) is 0 Å². The minimum Gasteiger partial charge on any atom is -0.508 e. The van der Waals surface area contributed by atoms with Crippen molar-refractivity contribution in [2.45, 2.75) is 44.3 Å². The predicted octanol–water partition coefficient (Wildman–Crippen LogP) is 2.42. The molecule has 1 heterocycles. The fourth-order valence-corrected chi connectivity index (χ4v) is 3.01. The van der Waals surface area contributed by atoms with Crippen LogP contribution in [0.3, 0.4) is 0 Å². The first-order chi connectivity index (χ1) is 9.13. The number of hydrogen-bond donors (Lipinski definition) is 2. The molecule has 19 heavy (non-hydrogen) atoms. The monoisotopic (exact) mass is 264 g/mol. The molecule has 104 valence electrons. The molecule has 1 saturated heterocycles. The predicted molar refractivity (Wildman–Crippen MR) is 72.6 cm³/mol. The van der Waals surface area contributed by atoms with Gasteiger partial charge in [-0.2, -0.15) is 0 Å². The lowest BCUT2D eigenvalue weighted by molar-refractivity contribution is 0.313. The minimum absolute atomic E-state index is 0.0192. The van der Waals surface area contributed by atoms with Crippen LogP contribution in [-0.4, -0.2) is 35.2 Å². The van der Waals surface area contributed by atoms with E-state index in [9.17, 15) is 9.50 Å². The van der Waals surface area contributed by atoms with E-state index in [-0.39, 0.29) is 17.6 Å². The SMILES string of the molecule is CC(NC1CCN(C2CC2)C1)c1ccc(O)cc1F. The molecule has 3 nitrogen and oxygen atoms in total. The lowest BCUT2D eigenvalue weighted by atomic mass is 10.1. The highest BCUT2D eigenvalue weighted by atomic mass is 19.1. The van der Waals surface area contributed by atoms with E-state index in [0.29, 0.717) is 11.6 Å². The van der Waals surface area contributed by atoms with Crippen molar-refractivity contribution < 1.29 is 9.50 Å². The highest BCUT2D eigenvalue weighted by molar-refractivity contribution is 5.29. The Hall–Kier alpha value is -1.13. The number of likely N-dealkylation sites (tertiary alicyclic amines) is 1. The summed E-state index contributed by atoms with van der Waals surface area (Å²) in [6.07, 6.45) is 3.82. The summed E-state index contributed by atoms with van der Waals surface area (Å²) >= 11 is 0. The molecule has 4 heteroatoms. The molecule has 2 unspecified atom stereocenters. The zero-order valence-corrected chi connectivity index (χ0v) is 11.3. The van der Waals surface area contributed by atoms with Gasteiger partial charge in [-0.25, -0.2) is 4.39 Å². The Kier molecular flexibility index (Phi) is 3.46. The van der Waals surface area contributed by atoms with Gasteiger partial charge in [-0.15, -0.1) is 0 Å². The van der Waals surface area contributed by atoms with E-state index in [0.717, 1.165) is 25.6 Å². The summed E-state index contributed by atoms with van der Waals surface area (Å²) in [5, 5.41) is 12.7. The number of aromatic hydroxyl groups is 1. The van der Waals surface area contributed by atoms with Crippen molar-refractivity contribution >= 4 is 0 Å². The molecule has 1 aromatic rings. The second kappa shape index (κ2) is 5.10. The largest absolute Gasteiger partial charge is 0.508 e. The van der Waals surface area contributed by atoms with Crippen molar-refractivity contribution in [2.75, 3.05) is 13.1 Å². The lowest BCUT2D eigenvalue weighted by Crippen LogP contribution is -2.35. The summed E-state index contributed by atoms with van der Waals surface area (Å²) in [6.45, 7) is 4.22. The van der Waals surface area contributed by atoms with Gasteiger partial charge >= 0.3 is 0 Å². The molecular formula is C15H21FN2O. The van der Waals surface area contributed by atoms with Crippen molar-refractivity contribution in [3.05, 3.63) is 29.6 Å². The molecule has 3 rings (SSSR count). The van der Waals surface area contributed by atoms with Crippen molar-refractivity contribution in [3.8, 4) is 5.75 Å². The molecule has 2 atom stereocenters. The van der Waals surface area contributed by atoms with Gasteiger partial charge in [0.1, 0.15) is 11.6 Å². The van der Waals surface area contributed by atoms with Gasteiger partial charge in [0.25, 0.3) is 0 Å². The topological polar surface area (TPSA) is 35.5 Å². The van der Waals surface area contributed by atoms with Crippen LogP contribution < -0.4 is 5.32 Å². The van der Waals surface area contributed by atoms with E-state index in [1.807, 2.05) is 6.92 Å². The third-order valence-corrected chi connectivity index (χ3v) is 4.22. The Bertz CT molecular complexity index is 461. The van der Waals surface area contributed by atoms with Gasteiger partial charge in [-0.05, 0) is 32.3 Å². The molecule has 2 fully saturated rings. The lowest BCUT2D eigenvalue weighted by Gasteiger charge is -2.21. The van der Waals surface area contributed by atoms with Crippen LogP contribution in [0.15, 0.2) is 18.2 Å². The van der Waals surface area contributed by atoms with Crippen LogP contribution in [0.2, 0.25) is 0 Å². The first-order valence-electron chi connectivity index (χ1n) is 7.12. The van der Waals surface area contributed by atoms with Crippen LogP contribution >= 0.6 is 0 Å². The van der Waals surface area contributed by atoms with Gasteiger partial charge in [0.05, 0.1) is 0 Å². The van der Waals surface area contributed by atoms with Crippen molar-refractivity contribution in [2.24, 2.45) is 0 Å². The molecule has 0 bridgehead atoms. The van der Waals surface area contributed by atoms with Gasteiger partial charge < -0.3 is 10.4 Å². The first kappa shape index (κ1) is 12.9. The maximum absolute atomic E-state index is 13.8. The quantitative estimate of drug-likeness (QED) is 0.876. The van der Waals surface area contributed by atoms with Crippen molar-refractivity contribution in [3.63, 3.8) is 0 Å². The zero-order valence-electron chi connectivity index (χ0n) is 11.3. The fraction of sp³-hybridized carbons (Fsp3) is 0.600. The smallest absolute Gasteiger partial charge is 0.131 e. The summed E-state index contributed by atoms with van der Waals surface area (Å²) in [5.41, 5.74) is 0.627. The minimum atomic E-state index is -0.336. The van der Waals surface area contributed by atoms with E-state index in [1.54, 1.807) is 12.1 Å². The molecule has 1 saturated carbocycles. The summed E-state index contributed by atoms with van der Waals surface area (Å²) in [7, 11) is 0. The number of halogens is 1. The molecule has 0 amide bonds. The summed E-state index contributed by atoms with van der Waals surface area (Å²) in [6, 6.07) is 5.62. The van der Waals surface area contributed by atoms with Gasteiger partial charge in [0.2, 0.25) is 0 Å². The average molecular weight is 264 g/mol. The summed E-state index contributed by atoms with van der Waals surface area (Å²) in [4.78, 5) is 2.54. The molecule has 1 aliphatic heterocycles. The fourth-order valence-electron chi connectivity index (χ4n) is 3.01. The number of rotatable bonds is 4. The number of nitrogens with one attached hydrogen (secondary N) is 1. The third kappa shape index (κ3) is 2.90. The number of hydrogen-bond acceptors (Lipinski definition) is 3. The Morgan fingerprint density at radius 3 is 2.84 bits per heavy atom. The second-order valence-electron chi connectivity index (χ2n) is 5.81. The maximum Gasteiger partial charge on any atom is 0.131 e. The van der Waals surface area contributed by atoms with Crippen LogP contribution in [0.1, 0.15) is 37.8 Å². The van der Waals surface area contributed by atoms with E-state index < -0.39 is 0 Å². The number of phenolic OH excluding ortho intramolecular Hbond substituents is 1. The van der Waals surface area contributed by atoms with Crippen LogP contribution in [0, 0.1) is 5.82 Å². The van der Waals surface area contributed by atoms with E-state index >= 15 is 0 Å². The zero-order chi connectivity index (χ0) is 13.4. The molecule has 0 aromatic heterocycles. The summed E-state index contributed by atoms with van der Waals surface area (Å²) in [5.74, 6) is -0.355. The molecule has 2 N–H and O–H groups in total. The Morgan fingerprint density at radius 1 is 1.37 bits per heavy atom. The van der Waals surface area contributed by atoms with Crippen molar-refractivity contribution in [1.29, 1.82) is 0 Å². The number of nitrogens with zero attached hydrogens (tertiary/aromatic N) is 1. The Labute approximate surface area is 113 Å². The molecule has 0 spiro atoms. The van der Waals surface area contributed by atoms with E-state index in [2.05, 4.69) is 10.2 Å². The third-order valence-electron chi connectivity index (χ3n) is 4.22. The molecular weight excluding hydrogens is 243 g/mol. The van der Waals surface area contributed by atoms with Gasteiger partial charge in [0, 0.05) is 42.8 Å². The molecule has 1 aromatic carbocycles. The maximum atomic E-state index is 13.8. The molecule has 2 aliphatic rings. The highest BCUT2D eigenvalue weighted by Crippen LogP contribution is 2.30. The Balaban J connectivity index is 1.60. The van der Waals surface area contributed by atoms with Crippen LogP contribution in [0.4, 0.5) is 4.39 Å². The highest BCUT2D eigenvalue weighted by Gasteiger charge is 2.34. The first-order valence-corrected chi connectivity index (χ1v) is 7.12. The molecule has 0 radical (unpaired) electrons. The van der Waals surface area contributed by atoms with Gasteiger partial charge in [-0.1, -0.05) is 6.07 Å². The van der Waals surface area contributed by atoms with Crippen LogP contribution in [-0.2, 0) is 0 Å². The average Bonchev–Trinajstić information content (AvgIpc) is 3.10. The Morgan fingerprint density at radius 2 is 2.16 bits per heavy atom. The van der Waals surface area contributed by atoms with Gasteiger partial charge in [0.15, 0.2) is 0 Å². The normalized spacial score (nSPS) is 25.7. The number of phenols is 1. The molecule has 1 aliphatic carbocycles. The second-order valence-corrected chi connectivity index (χ2v) is 5.81.